The number of methoxy groups -OCH3 is 1. The fraction of sp³-hybridized carbons (Fsp3) is 0.409. The van der Waals surface area contributed by atoms with E-state index in [4.69, 9.17) is 14.2 Å². The summed E-state index contributed by atoms with van der Waals surface area (Å²) in [5.74, 6) is 0.962. The Bertz CT molecular complexity index is 1070. The van der Waals surface area contributed by atoms with Crippen LogP contribution in [0.1, 0.15) is 26.2 Å². The van der Waals surface area contributed by atoms with E-state index in [9.17, 15) is 13.2 Å². The van der Waals surface area contributed by atoms with E-state index < -0.39 is 28.1 Å². The molecule has 0 radical (unpaired) electrons. The number of hydrogen-bond acceptors (Lipinski definition) is 6. The quantitative estimate of drug-likeness (QED) is 0.759. The number of anilines is 1. The summed E-state index contributed by atoms with van der Waals surface area (Å²) in [6.45, 7) is 2.75. The predicted molar refractivity (Wildman–Crippen MR) is 115 cm³/mol. The van der Waals surface area contributed by atoms with Crippen LogP contribution in [0.15, 0.2) is 47.4 Å². The molecule has 0 spiro atoms. The lowest BCUT2D eigenvalue weighted by molar-refractivity contribution is -0.128. The first-order valence-electron chi connectivity index (χ1n) is 10.3. The van der Waals surface area contributed by atoms with Crippen molar-refractivity contribution in [3.8, 4) is 17.2 Å². The zero-order chi connectivity index (χ0) is 22.0. The molecule has 2 unspecified atom stereocenters. The van der Waals surface area contributed by atoms with Gasteiger partial charge in [-0.05, 0) is 50.1 Å². The third kappa shape index (κ3) is 4.33. The first-order valence-corrected chi connectivity index (χ1v) is 11.8. The summed E-state index contributed by atoms with van der Waals surface area (Å²) in [6, 6.07) is 11.6. The molecule has 0 bridgehead atoms. The average Bonchev–Trinajstić information content (AvgIpc) is 2.79. The Balaban J connectivity index is 1.57. The van der Waals surface area contributed by atoms with E-state index in [1.54, 1.807) is 31.2 Å². The second kappa shape index (κ2) is 8.76. The summed E-state index contributed by atoms with van der Waals surface area (Å²) in [6.07, 6.45) is 1.29. The molecule has 4 rings (SSSR count). The lowest BCUT2D eigenvalue weighted by atomic mass is 10.1. The van der Waals surface area contributed by atoms with Crippen LogP contribution < -0.4 is 19.5 Å². The molecule has 0 aromatic heterocycles. The largest absolute Gasteiger partial charge is 0.495 e. The maximum atomic E-state index is 13.0. The van der Waals surface area contributed by atoms with Crippen molar-refractivity contribution in [1.82, 2.24) is 4.31 Å². The number of hydrogen-bond donors (Lipinski definition) is 1. The Kier molecular flexibility index (Phi) is 6.06. The molecular weight excluding hydrogens is 420 g/mol. The molecular formula is C22H26N2O6S. The van der Waals surface area contributed by atoms with Gasteiger partial charge in [-0.25, -0.2) is 8.42 Å². The molecule has 1 amide bonds. The van der Waals surface area contributed by atoms with E-state index in [1.165, 1.54) is 23.5 Å². The van der Waals surface area contributed by atoms with Crippen molar-refractivity contribution in [3.05, 3.63) is 42.5 Å². The number of carbonyl (C=O) groups excluding carboxylic acids is 1. The number of amides is 1. The Morgan fingerprint density at radius 3 is 2.42 bits per heavy atom. The fourth-order valence-electron chi connectivity index (χ4n) is 3.81. The first kappa shape index (κ1) is 21.5. The number of carbonyl (C=O) groups is 1. The van der Waals surface area contributed by atoms with Crippen LogP contribution in [0.5, 0.6) is 17.2 Å². The SMILES string of the molecule is COc1ccc(S(=O)(=O)N2CCCCC2)cc1NC(=O)C1Oc2ccccc2OC1C. The summed E-state index contributed by atoms with van der Waals surface area (Å²) in [5, 5.41) is 2.76. The van der Waals surface area contributed by atoms with E-state index in [0.29, 0.717) is 30.3 Å². The number of nitrogens with one attached hydrogen (secondary N) is 1. The molecule has 2 aliphatic rings. The third-order valence-corrected chi connectivity index (χ3v) is 7.38. The smallest absolute Gasteiger partial charge is 0.269 e. The minimum absolute atomic E-state index is 0.115. The molecule has 166 valence electrons. The van der Waals surface area contributed by atoms with E-state index in [2.05, 4.69) is 5.32 Å². The summed E-state index contributed by atoms with van der Waals surface area (Å²) < 4.78 is 44.5. The van der Waals surface area contributed by atoms with Crippen LogP contribution >= 0.6 is 0 Å². The van der Waals surface area contributed by atoms with Crippen molar-refractivity contribution in [2.24, 2.45) is 0 Å². The lowest BCUT2D eigenvalue weighted by Gasteiger charge is -2.31. The van der Waals surface area contributed by atoms with Crippen molar-refractivity contribution < 1.29 is 27.4 Å². The minimum Gasteiger partial charge on any atom is -0.495 e. The molecule has 2 aromatic rings. The Hall–Kier alpha value is -2.78. The summed E-state index contributed by atoms with van der Waals surface area (Å²) in [5.41, 5.74) is 0.264. The Morgan fingerprint density at radius 1 is 1.06 bits per heavy atom. The van der Waals surface area contributed by atoms with Crippen LogP contribution in [0.4, 0.5) is 5.69 Å². The van der Waals surface area contributed by atoms with E-state index in [-0.39, 0.29) is 10.6 Å². The Morgan fingerprint density at radius 2 is 1.74 bits per heavy atom. The van der Waals surface area contributed by atoms with Gasteiger partial charge in [-0.3, -0.25) is 4.79 Å². The number of rotatable bonds is 5. The zero-order valence-electron chi connectivity index (χ0n) is 17.5. The highest BCUT2D eigenvalue weighted by Gasteiger charge is 2.35. The number of fused-ring (bicyclic) bond motifs is 1. The van der Waals surface area contributed by atoms with E-state index in [1.807, 2.05) is 6.07 Å². The van der Waals surface area contributed by atoms with Gasteiger partial charge in [-0.2, -0.15) is 4.31 Å². The summed E-state index contributed by atoms with van der Waals surface area (Å²) in [4.78, 5) is 13.1. The molecule has 2 aliphatic heterocycles. The summed E-state index contributed by atoms with van der Waals surface area (Å²) in [7, 11) is -2.19. The van der Waals surface area contributed by atoms with E-state index in [0.717, 1.165) is 19.3 Å². The van der Waals surface area contributed by atoms with Crippen molar-refractivity contribution in [1.29, 1.82) is 0 Å². The predicted octanol–water partition coefficient (Wildman–Crippen LogP) is 3.04. The van der Waals surface area contributed by atoms with Crippen LogP contribution in [0.25, 0.3) is 0 Å². The standard InChI is InChI=1S/C22H26N2O6S/c1-15-21(30-20-9-5-4-8-19(20)29-15)22(25)23-17-14-16(10-11-18(17)28-2)31(26,27)24-12-6-3-7-13-24/h4-5,8-11,14-15,21H,3,6-7,12-13H2,1-2H3,(H,23,25). The van der Waals surface area contributed by atoms with Crippen LogP contribution in [-0.2, 0) is 14.8 Å². The van der Waals surface area contributed by atoms with Crippen molar-refractivity contribution in [2.75, 3.05) is 25.5 Å². The van der Waals surface area contributed by atoms with Gasteiger partial charge in [0.05, 0.1) is 17.7 Å². The van der Waals surface area contributed by atoms with Crippen LogP contribution in [0, 0.1) is 0 Å². The molecule has 0 saturated carbocycles. The van der Waals surface area contributed by atoms with Crippen molar-refractivity contribution >= 4 is 21.6 Å². The molecule has 1 fully saturated rings. The van der Waals surface area contributed by atoms with E-state index >= 15 is 0 Å². The van der Waals surface area contributed by atoms with Gasteiger partial charge in [0.2, 0.25) is 16.1 Å². The zero-order valence-corrected chi connectivity index (χ0v) is 18.4. The van der Waals surface area contributed by atoms with Gasteiger partial charge < -0.3 is 19.5 Å². The minimum atomic E-state index is -3.65. The van der Waals surface area contributed by atoms with Gasteiger partial charge in [0.1, 0.15) is 11.9 Å². The maximum absolute atomic E-state index is 13.0. The highest BCUT2D eigenvalue weighted by molar-refractivity contribution is 7.89. The highest BCUT2D eigenvalue weighted by Crippen LogP contribution is 2.35. The van der Waals surface area contributed by atoms with Gasteiger partial charge >= 0.3 is 0 Å². The molecule has 2 aromatic carbocycles. The van der Waals surface area contributed by atoms with Gasteiger partial charge in [-0.1, -0.05) is 18.6 Å². The topological polar surface area (TPSA) is 94.2 Å². The van der Waals surface area contributed by atoms with Gasteiger partial charge in [0.15, 0.2) is 11.5 Å². The van der Waals surface area contributed by atoms with Gasteiger partial charge in [0.25, 0.3) is 5.91 Å². The molecule has 31 heavy (non-hydrogen) atoms. The third-order valence-electron chi connectivity index (χ3n) is 5.48. The lowest BCUT2D eigenvalue weighted by Crippen LogP contribution is -2.46. The average molecular weight is 447 g/mol. The van der Waals surface area contributed by atoms with Crippen LogP contribution in [0.2, 0.25) is 0 Å². The van der Waals surface area contributed by atoms with Crippen molar-refractivity contribution in [3.63, 3.8) is 0 Å². The number of piperidine rings is 1. The highest BCUT2D eigenvalue weighted by atomic mass is 32.2. The fourth-order valence-corrected chi connectivity index (χ4v) is 5.35. The van der Waals surface area contributed by atoms with Crippen molar-refractivity contribution in [2.45, 2.75) is 43.3 Å². The first-order chi connectivity index (χ1) is 14.9. The normalized spacial score (nSPS) is 21.4. The van der Waals surface area contributed by atoms with Gasteiger partial charge in [-0.15, -0.1) is 0 Å². The number of benzene rings is 2. The monoisotopic (exact) mass is 446 g/mol. The Labute approximate surface area is 182 Å². The van der Waals surface area contributed by atoms with Crippen LogP contribution in [-0.4, -0.2) is 51.0 Å². The summed E-state index contributed by atoms with van der Waals surface area (Å²) >= 11 is 0. The molecule has 2 heterocycles. The number of ether oxygens (including phenoxy) is 3. The number of para-hydroxylation sites is 2. The van der Waals surface area contributed by atoms with Crippen LogP contribution in [0.3, 0.4) is 0 Å². The molecule has 0 aliphatic carbocycles. The molecule has 8 nitrogen and oxygen atoms in total. The molecule has 1 N–H and O–H groups in total. The molecule has 2 atom stereocenters. The number of sulfonamides is 1. The second-order valence-corrected chi connectivity index (χ2v) is 9.56. The maximum Gasteiger partial charge on any atom is 0.269 e. The van der Waals surface area contributed by atoms with Gasteiger partial charge in [0, 0.05) is 13.1 Å². The second-order valence-electron chi connectivity index (χ2n) is 7.62. The molecule has 1 saturated heterocycles. The molecule has 9 heteroatoms. The number of nitrogens with zero attached hydrogens (tertiary/aromatic N) is 1.